The first kappa shape index (κ1) is 14.6. The summed E-state index contributed by atoms with van der Waals surface area (Å²) in [5.41, 5.74) is 1.04. The number of methoxy groups -OCH3 is 1. The predicted octanol–water partition coefficient (Wildman–Crippen LogP) is 3.35. The largest absolute Gasteiger partial charge is 0.469 e. The Morgan fingerprint density at radius 3 is 2.31 bits per heavy atom. The van der Waals surface area contributed by atoms with Gasteiger partial charge >= 0.3 is 5.97 Å². The molecule has 0 saturated carbocycles. The number of hydrogen-bond donors (Lipinski definition) is 0. The Hall–Kier alpha value is -1.38. The fourth-order valence-corrected chi connectivity index (χ4v) is 1.19. The summed E-state index contributed by atoms with van der Waals surface area (Å²) in [5, 5.41) is 0. The van der Waals surface area contributed by atoms with E-state index in [2.05, 4.69) is 4.74 Å². The van der Waals surface area contributed by atoms with E-state index in [1.54, 1.807) is 12.1 Å². The summed E-state index contributed by atoms with van der Waals surface area (Å²) in [6.45, 7) is 4.00. The average Bonchev–Trinajstić information content (AvgIpc) is 2.34. The highest BCUT2D eigenvalue weighted by Gasteiger charge is 2.00. The number of hydrogen-bond acceptors (Lipinski definition) is 2. The van der Waals surface area contributed by atoms with Crippen molar-refractivity contribution in [3.63, 3.8) is 0 Å². The maximum absolute atomic E-state index is 12.5. The second-order valence-corrected chi connectivity index (χ2v) is 3.06. The molecular weight excluding hydrogens is 207 g/mol. The summed E-state index contributed by atoms with van der Waals surface area (Å²) in [6, 6.07) is 6.31. The van der Waals surface area contributed by atoms with Crippen molar-refractivity contribution >= 4 is 5.97 Å². The van der Waals surface area contributed by atoms with E-state index >= 15 is 0 Å². The van der Waals surface area contributed by atoms with Crippen LogP contribution in [0.15, 0.2) is 24.3 Å². The van der Waals surface area contributed by atoms with Gasteiger partial charge < -0.3 is 4.74 Å². The minimum absolute atomic E-state index is 0.202. The van der Waals surface area contributed by atoms with Crippen LogP contribution in [0.1, 0.15) is 32.3 Å². The lowest BCUT2D eigenvalue weighted by atomic mass is 10.1. The number of ether oxygens (including phenoxy) is 1. The zero-order chi connectivity index (χ0) is 12.4. The van der Waals surface area contributed by atoms with Gasteiger partial charge in [-0.2, -0.15) is 0 Å². The highest BCUT2D eigenvalue weighted by molar-refractivity contribution is 5.69. The number of esters is 1. The monoisotopic (exact) mass is 226 g/mol. The lowest BCUT2D eigenvalue weighted by molar-refractivity contribution is -0.140. The fraction of sp³-hybridized carbons (Fsp3) is 0.462. The van der Waals surface area contributed by atoms with E-state index in [1.807, 2.05) is 13.8 Å². The van der Waals surface area contributed by atoms with Crippen molar-refractivity contribution in [2.45, 2.75) is 33.1 Å². The van der Waals surface area contributed by atoms with Crippen molar-refractivity contribution in [2.24, 2.45) is 0 Å². The van der Waals surface area contributed by atoms with Gasteiger partial charge in [-0.05, 0) is 30.5 Å². The van der Waals surface area contributed by atoms with Crippen molar-refractivity contribution in [1.29, 1.82) is 0 Å². The minimum atomic E-state index is -0.235. The van der Waals surface area contributed by atoms with E-state index in [1.165, 1.54) is 19.2 Å². The molecule has 16 heavy (non-hydrogen) atoms. The van der Waals surface area contributed by atoms with Gasteiger partial charge in [-0.15, -0.1) is 0 Å². The van der Waals surface area contributed by atoms with Crippen molar-refractivity contribution in [3.8, 4) is 0 Å². The first-order chi connectivity index (χ1) is 7.72. The van der Waals surface area contributed by atoms with Gasteiger partial charge in [0.1, 0.15) is 5.82 Å². The van der Waals surface area contributed by atoms with Crippen LogP contribution in [-0.4, -0.2) is 13.1 Å². The topological polar surface area (TPSA) is 26.3 Å². The lowest BCUT2D eigenvalue weighted by Gasteiger charge is -2.00. The van der Waals surface area contributed by atoms with Gasteiger partial charge in [0.25, 0.3) is 0 Å². The summed E-state index contributed by atoms with van der Waals surface area (Å²) in [5.74, 6) is -0.436. The van der Waals surface area contributed by atoms with Crippen LogP contribution < -0.4 is 0 Å². The molecule has 0 unspecified atom stereocenters. The molecule has 0 radical (unpaired) electrons. The summed E-state index contributed by atoms with van der Waals surface area (Å²) < 4.78 is 17.0. The number of carbonyl (C=O) groups excluding carboxylic acids is 1. The van der Waals surface area contributed by atoms with Gasteiger partial charge in [0.2, 0.25) is 0 Å². The van der Waals surface area contributed by atoms with E-state index in [4.69, 9.17) is 0 Å². The summed E-state index contributed by atoms with van der Waals surface area (Å²) in [7, 11) is 1.38. The average molecular weight is 226 g/mol. The van der Waals surface area contributed by atoms with E-state index in [-0.39, 0.29) is 11.8 Å². The molecule has 0 aromatic heterocycles. The first-order valence-electron chi connectivity index (χ1n) is 5.53. The number of carbonyl (C=O) groups is 1. The molecule has 0 spiro atoms. The molecule has 0 aliphatic carbocycles. The molecule has 0 fully saturated rings. The molecule has 0 heterocycles. The van der Waals surface area contributed by atoms with Gasteiger partial charge in [0.15, 0.2) is 0 Å². The van der Waals surface area contributed by atoms with Crippen LogP contribution in [0, 0.1) is 5.82 Å². The third-order valence-electron chi connectivity index (χ3n) is 1.99. The molecule has 0 atom stereocenters. The zero-order valence-electron chi connectivity index (χ0n) is 10.1. The second kappa shape index (κ2) is 8.89. The van der Waals surface area contributed by atoms with Crippen LogP contribution in [0.5, 0.6) is 0 Å². The van der Waals surface area contributed by atoms with E-state index in [0.29, 0.717) is 6.42 Å². The van der Waals surface area contributed by atoms with E-state index in [0.717, 1.165) is 18.4 Å². The van der Waals surface area contributed by atoms with Crippen LogP contribution in [0.4, 0.5) is 4.39 Å². The molecule has 0 aliphatic heterocycles. The molecule has 1 aromatic carbocycles. The second-order valence-electron chi connectivity index (χ2n) is 3.06. The molecule has 1 rings (SSSR count). The van der Waals surface area contributed by atoms with Crippen LogP contribution in [0.25, 0.3) is 0 Å². The van der Waals surface area contributed by atoms with E-state index in [9.17, 15) is 9.18 Å². The maximum atomic E-state index is 12.5. The SMILES string of the molecule is CC.COC(=O)CCCc1ccc(F)cc1. The Bertz CT molecular complexity index is 293. The number of aryl methyl sites for hydroxylation is 1. The Morgan fingerprint density at radius 1 is 1.25 bits per heavy atom. The van der Waals surface area contributed by atoms with Crippen LogP contribution in [-0.2, 0) is 16.0 Å². The summed E-state index contributed by atoms with van der Waals surface area (Å²) in [4.78, 5) is 10.8. The third-order valence-corrected chi connectivity index (χ3v) is 1.99. The fourth-order valence-electron chi connectivity index (χ4n) is 1.19. The lowest BCUT2D eigenvalue weighted by Crippen LogP contribution is -2.00. The highest BCUT2D eigenvalue weighted by Crippen LogP contribution is 2.07. The molecule has 0 N–H and O–H groups in total. The smallest absolute Gasteiger partial charge is 0.305 e. The highest BCUT2D eigenvalue weighted by atomic mass is 19.1. The standard InChI is InChI=1S/C11H13FO2.C2H6/c1-14-11(13)4-2-3-9-5-7-10(12)8-6-9;1-2/h5-8H,2-4H2,1H3;1-2H3. The Labute approximate surface area is 96.4 Å². The van der Waals surface area contributed by atoms with Crippen molar-refractivity contribution in [3.05, 3.63) is 35.6 Å². The zero-order valence-corrected chi connectivity index (χ0v) is 10.1. The molecule has 2 nitrogen and oxygen atoms in total. The minimum Gasteiger partial charge on any atom is -0.469 e. The molecule has 0 aliphatic rings. The number of benzene rings is 1. The van der Waals surface area contributed by atoms with Gasteiger partial charge in [0, 0.05) is 6.42 Å². The van der Waals surface area contributed by atoms with Crippen LogP contribution >= 0.6 is 0 Å². The molecule has 3 heteroatoms. The molecule has 1 aromatic rings. The summed E-state index contributed by atoms with van der Waals surface area (Å²) in [6.07, 6.45) is 1.92. The van der Waals surface area contributed by atoms with Gasteiger partial charge in [-0.25, -0.2) is 4.39 Å². The maximum Gasteiger partial charge on any atom is 0.305 e. The van der Waals surface area contributed by atoms with Crippen LogP contribution in [0.3, 0.4) is 0 Å². The Morgan fingerprint density at radius 2 is 1.81 bits per heavy atom. The number of rotatable bonds is 4. The first-order valence-corrected chi connectivity index (χ1v) is 5.53. The third kappa shape index (κ3) is 6.17. The van der Waals surface area contributed by atoms with Crippen molar-refractivity contribution < 1.29 is 13.9 Å². The quantitative estimate of drug-likeness (QED) is 0.736. The molecule has 0 bridgehead atoms. The predicted molar refractivity (Wildman–Crippen MR) is 62.7 cm³/mol. The Kier molecular flexibility index (Phi) is 8.12. The normalized spacial score (nSPS) is 9.00. The molecule has 0 saturated heterocycles. The molecule has 0 amide bonds. The van der Waals surface area contributed by atoms with Crippen molar-refractivity contribution in [2.75, 3.05) is 7.11 Å². The van der Waals surface area contributed by atoms with Gasteiger partial charge in [-0.3, -0.25) is 4.79 Å². The summed E-state index contributed by atoms with van der Waals surface area (Å²) >= 11 is 0. The van der Waals surface area contributed by atoms with E-state index < -0.39 is 0 Å². The van der Waals surface area contributed by atoms with Gasteiger partial charge in [0.05, 0.1) is 7.11 Å². The molecule has 90 valence electrons. The molecular formula is C13H19FO2. The van der Waals surface area contributed by atoms with Crippen LogP contribution in [0.2, 0.25) is 0 Å². The Balaban J connectivity index is 0.00000106. The van der Waals surface area contributed by atoms with Crippen molar-refractivity contribution in [1.82, 2.24) is 0 Å². The van der Waals surface area contributed by atoms with Gasteiger partial charge in [-0.1, -0.05) is 26.0 Å². The number of halogens is 1.